The third kappa shape index (κ3) is 6.28. The molecule has 0 spiro atoms. The monoisotopic (exact) mass is 214 g/mol. The highest BCUT2D eigenvalue weighted by Crippen LogP contribution is 2.15. The molecule has 0 bridgehead atoms. The van der Waals surface area contributed by atoms with Crippen LogP contribution in [0.5, 0.6) is 0 Å². The SMILES string of the molecule is CC(C)/C=C(\C(=O)OC(C)(C)C)[C@H](C)O. The van der Waals surface area contributed by atoms with Gasteiger partial charge in [-0.1, -0.05) is 19.9 Å². The summed E-state index contributed by atoms with van der Waals surface area (Å²) in [5.41, 5.74) is -0.192. The first-order chi connectivity index (χ1) is 6.63. The fraction of sp³-hybridized carbons (Fsp3) is 0.750. The molecule has 88 valence electrons. The number of ether oxygens (including phenoxy) is 1. The van der Waals surface area contributed by atoms with Gasteiger partial charge in [0, 0.05) is 0 Å². The zero-order chi connectivity index (χ0) is 12.2. The fourth-order valence-corrected chi connectivity index (χ4v) is 1.07. The third-order valence-electron chi connectivity index (χ3n) is 1.60. The van der Waals surface area contributed by atoms with E-state index in [0.717, 1.165) is 0 Å². The first-order valence-electron chi connectivity index (χ1n) is 5.26. The van der Waals surface area contributed by atoms with Crippen LogP contribution in [0.25, 0.3) is 0 Å². The van der Waals surface area contributed by atoms with Crippen molar-refractivity contribution in [3.63, 3.8) is 0 Å². The molecule has 0 saturated heterocycles. The molecule has 0 aromatic carbocycles. The average molecular weight is 214 g/mol. The smallest absolute Gasteiger partial charge is 0.336 e. The van der Waals surface area contributed by atoms with E-state index < -0.39 is 17.7 Å². The number of aliphatic hydroxyl groups excluding tert-OH is 1. The van der Waals surface area contributed by atoms with E-state index >= 15 is 0 Å². The minimum atomic E-state index is -0.790. The Labute approximate surface area is 92.1 Å². The molecule has 1 atom stereocenters. The molecule has 0 fully saturated rings. The number of esters is 1. The van der Waals surface area contributed by atoms with Gasteiger partial charge in [0.1, 0.15) is 5.60 Å². The van der Waals surface area contributed by atoms with Crippen molar-refractivity contribution < 1.29 is 14.6 Å². The van der Waals surface area contributed by atoms with E-state index in [1.165, 1.54) is 0 Å². The minimum Gasteiger partial charge on any atom is -0.457 e. The van der Waals surface area contributed by atoms with E-state index in [9.17, 15) is 9.90 Å². The van der Waals surface area contributed by atoms with Gasteiger partial charge < -0.3 is 9.84 Å². The summed E-state index contributed by atoms with van der Waals surface area (Å²) in [5, 5.41) is 9.46. The second-order valence-electron chi connectivity index (χ2n) is 5.04. The van der Waals surface area contributed by atoms with Gasteiger partial charge in [0.15, 0.2) is 0 Å². The summed E-state index contributed by atoms with van der Waals surface area (Å²) >= 11 is 0. The van der Waals surface area contributed by atoms with Gasteiger partial charge in [-0.2, -0.15) is 0 Å². The van der Waals surface area contributed by atoms with Gasteiger partial charge in [-0.05, 0) is 33.6 Å². The Morgan fingerprint density at radius 2 is 1.73 bits per heavy atom. The lowest BCUT2D eigenvalue weighted by Gasteiger charge is -2.21. The van der Waals surface area contributed by atoms with E-state index in [0.29, 0.717) is 5.57 Å². The Bertz CT molecular complexity index is 244. The molecule has 15 heavy (non-hydrogen) atoms. The predicted molar refractivity (Wildman–Crippen MR) is 60.4 cm³/mol. The molecule has 0 aromatic heterocycles. The van der Waals surface area contributed by atoms with Crippen LogP contribution in [-0.4, -0.2) is 22.8 Å². The number of carbonyl (C=O) groups is 1. The molecule has 3 nitrogen and oxygen atoms in total. The van der Waals surface area contributed by atoms with Gasteiger partial charge in [0.25, 0.3) is 0 Å². The molecule has 0 radical (unpaired) electrons. The molecule has 0 amide bonds. The van der Waals surface area contributed by atoms with Crippen LogP contribution in [0.1, 0.15) is 41.5 Å². The molecule has 0 aromatic rings. The van der Waals surface area contributed by atoms with Crippen LogP contribution in [-0.2, 0) is 9.53 Å². The number of allylic oxidation sites excluding steroid dienone is 1. The Balaban J connectivity index is 4.74. The zero-order valence-electron chi connectivity index (χ0n) is 10.5. The highest BCUT2D eigenvalue weighted by atomic mass is 16.6. The van der Waals surface area contributed by atoms with Crippen molar-refractivity contribution in [3.05, 3.63) is 11.6 Å². The van der Waals surface area contributed by atoms with Crippen molar-refractivity contribution in [1.29, 1.82) is 0 Å². The maximum Gasteiger partial charge on any atom is 0.336 e. The topological polar surface area (TPSA) is 46.5 Å². The summed E-state index contributed by atoms with van der Waals surface area (Å²) in [5.74, 6) is -0.228. The lowest BCUT2D eigenvalue weighted by Crippen LogP contribution is -2.28. The normalized spacial score (nSPS) is 15.3. The van der Waals surface area contributed by atoms with Gasteiger partial charge in [-0.25, -0.2) is 4.79 Å². The van der Waals surface area contributed by atoms with Crippen molar-refractivity contribution in [2.24, 2.45) is 5.92 Å². The van der Waals surface area contributed by atoms with Crippen molar-refractivity contribution in [2.75, 3.05) is 0 Å². The average Bonchev–Trinajstić information content (AvgIpc) is 1.95. The van der Waals surface area contributed by atoms with Gasteiger partial charge in [-0.3, -0.25) is 0 Å². The minimum absolute atomic E-state index is 0.210. The van der Waals surface area contributed by atoms with E-state index in [-0.39, 0.29) is 5.92 Å². The molecule has 0 aliphatic heterocycles. The van der Waals surface area contributed by atoms with Gasteiger partial charge >= 0.3 is 5.97 Å². The van der Waals surface area contributed by atoms with Crippen LogP contribution < -0.4 is 0 Å². The van der Waals surface area contributed by atoms with Crippen LogP contribution in [0, 0.1) is 5.92 Å². The molecular formula is C12H22O3. The number of carbonyl (C=O) groups excluding carboxylic acids is 1. The quantitative estimate of drug-likeness (QED) is 0.579. The molecule has 3 heteroatoms. The Morgan fingerprint density at radius 1 is 1.27 bits per heavy atom. The first kappa shape index (κ1) is 14.2. The second-order valence-corrected chi connectivity index (χ2v) is 5.04. The Morgan fingerprint density at radius 3 is 2.00 bits per heavy atom. The number of rotatable bonds is 3. The van der Waals surface area contributed by atoms with Crippen LogP contribution in [0.4, 0.5) is 0 Å². The summed E-state index contributed by atoms with van der Waals surface area (Å²) < 4.78 is 5.19. The van der Waals surface area contributed by atoms with Gasteiger partial charge in [0.2, 0.25) is 0 Å². The Kier molecular flexibility index (Phi) is 5.01. The third-order valence-corrected chi connectivity index (χ3v) is 1.60. The van der Waals surface area contributed by atoms with Crippen LogP contribution in [0.3, 0.4) is 0 Å². The molecule has 0 aliphatic rings. The molecule has 0 heterocycles. The lowest BCUT2D eigenvalue weighted by molar-refractivity contribution is -0.151. The van der Waals surface area contributed by atoms with E-state index in [1.54, 1.807) is 33.8 Å². The van der Waals surface area contributed by atoms with Crippen LogP contribution >= 0.6 is 0 Å². The summed E-state index contributed by atoms with van der Waals surface area (Å²) in [7, 11) is 0. The maximum absolute atomic E-state index is 11.7. The molecule has 0 rings (SSSR count). The number of hydrogen-bond donors (Lipinski definition) is 1. The maximum atomic E-state index is 11.7. The summed E-state index contributed by atoms with van der Waals surface area (Å²) in [6, 6.07) is 0. The van der Waals surface area contributed by atoms with Crippen LogP contribution in [0.2, 0.25) is 0 Å². The highest BCUT2D eigenvalue weighted by molar-refractivity contribution is 5.89. The molecule has 0 saturated carbocycles. The van der Waals surface area contributed by atoms with Crippen molar-refractivity contribution >= 4 is 5.97 Å². The van der Waals surface area contributed by atoms with E-state index in [2.05, 4.69) is 0 Å². The van der Waals surface area contributed by atoms with Crippen molar-refractivity contribution in [3.8, 4) is 0 Å². The highest BCUT2D eigenvalue weighted by Gasteiger charge is 2.22. The predicted octanol–water partition coefficient (Wildman–Crippen LogP) is 2.29. The lowest BCUT2D eigenvalue weighted by atomic mass is 10.1. The number of aliphatic hydroxyl groups is 1. The summed E-state index contributed by atoms with van der Waals surface area (Å²) in [4.78, 5) is 11.7. The van der Waals surface area contributed by atoms with Gasteiger partial charge in [0.05, 0.1) is 11.7 Å². The van der Waals surface area contributed by atoms with Crippen molar-refractivity contribution in [1.82, 2.24) is 0 Å². The standard InChI is InChI=1S/C12H22O3/c1-8(2)7-10(9(3)13)11(14)15-12(4,5)6/h7-9,13H,1-6H3/b10-7-/t9-/m0/s1. The fourth-order valence-electron chi connectivity index (χ4n) is 1.07. The first-order valence-corrected chi connectivity index (χ1v) is 5.26. The largest absolute Gasteiger partial charge is 0.457 e. The molecule has 0 unspecified atom stereocenters. The Hall–Kier alpha value is -0.830. The van der Waals surface area contributed by atoms with Crippen molar-refractivity contribution in [2.45, 2.75) is 53.2 Å². The molecular weight excluding hydrogens is 192 g/mol. The summed E-state index contributed by atoms with van der Waals surface area (Å²) in [6.45, 7) is 10.9. The second kappa shape index (κ2) is 5.31. The van der Waals surface area contributed by atoms with E-state index in [1.807, 2.05) is 13.8 Å². The van der Waals surface area contributed by atoms with Gasteiger partial charge in [-0.15, -0.1) is 0 Å². The van der Waals surface area contributed by atoms with E-state index in [4.69, 9.17) is 4.74 Å². The number of hydrogen-bond acceptors (Lipinski definition) is 3. The molecule has 0 aliphatic carbocycles. The zero-order valence-corrected chi connectivity index (χ0v) is 10.5. The molecule has 1 N–H and O–H groups in total. The summed E-state index contributed by atoms with van der Waals surface area (Å²) in [6.07, 6.45) is 0.945. The van der Waals surface area contributed by atoms with Crippen LogP contribution in [0.15, 0.2) is 11.6 Å².